The molecule has 0 saturated heterocycles. The van der Waals surface area contributed by atoms with Crippen LogP contribution in [0, 0.1) is 35.3 Å². The molecule has 4 atom stereocenters. The smallest absolute Gasteiger partial charge is 0.307 e. The van der Waals surface area contributed by atoms with Crippen molar-refractivity contribution in [2.75, 3.05) is 5.32 Å². The van der Waals surface area contributed by atoms with E-state index < -0.39 is 35.3 Å². The van der Waals surface area contributed by atoms with E-state index in [9.17, 15) is 23.5 Å². The molecule has 2 bridgehead atoms. The molecule has 6 heteroatoms. The number of nitrogens with one attached hydrogen (secondary N) is 1. The highest BCUT2D eigenvalue weighted by Crippen LogP contribution is 2.45. The molecule has 22 heavy (non-hydrogen) atoms. The van der Waals surface area contributed by atoms with Crippen LogP contribution in [-0.2, 0) is 9.59 Å². The predicted octanol–water partition coefficient (Wildman–Crippen LogP) is 2.82. The first kappa shape index (κ1) is 14.7. The van der Waals surface area contributed by atoms with Crippen LogP contribution in [0.15, 0.2) is 30.4 Å². The van der Waals surface area contributed by atoms with Gasteiger partial charge < -0.3 is 10.4 Å². The number of aliphatic carboxylic acids is 1. The Bertz CT molecular complexity index is 659. The monoisotopic (exact) mass is 307 g/mol. The van der Waals surface area contributed by atoms with Gasteiger partial charge in [-0.15, -0.1) is 0 Å². The van der Waals surface area contributed by atoms with Crippen molar-refractivity contribution in [1.82, 2.24) is 0 Å². The van der Waals surface area contributed by atoms with E-state index in [2.05, 4.69) is 5.32 Å². The fourth-order valence-electron chi connectivity index (χ4n) is 3.49. The van der Waals surface area contributed by atoms with E-state index in [0.717, 1.165) is 25.0 Å². The van der Waals surface area contributed by atoms with Crippen LogP contribution in [0.2, 0.25) is 0 Å². The zero-order valence-corrected chi connectivity index (χ0v) is 11.6. The number of fused-ring (bicyclic) bond motifs is 2. The number of benzene rings is 1. The van der Waals surface area contributed by atoms with Crippen LogP contribution < -0.4 is 5.32 Å². The van der Waals surface area contributed by atoms with E-state index in [0.29, 0.717) is 0 Å². The molecule has 3 aliphatic rings. The van der Waals surface area contributed by atoms with Crippen molar-refractivity contribution in [3.63, 3.8) is 0 Å². The minimum Gasteiger partial charge on any atom is -0.481 e. The molecule has 0 unspecified atom stereocenters. The Labute approximate surface area is 125 Å². The molecule has 1 fully saturated rings. The molecule has 0 radical (unpaired) electrons. The molecule has 1 aromatic carbocycles. The summed E-state index contributed by atoms with van der Waals surface area (Å²) in [6.07, 6.45) is 5.28. The standard InChI is InChI=1S/C16H15F2NO3/c17-11-6-5-10(7-12(11)18)19-15(20)13-8-1-3-9(4-2-8)14(13)16(21)22/h1,3,5-9,13-14H,2,4H2,(H,19,20)(H,21,22)/t8-,9-,13+,14+/m0/s1. The third kappa shape index (κ3) is 2.49. The van der Waals surface area contributed by atoms with Crippen LogP contribution in [0.1, 0.15) is 12.8 Å². The highest BCUT2D eigenvalue weighted by atomic mass is 19.2. The Kier molecular flexibility index (Phi) is 3.68. The SMILES string of the molecule is O=C(O)[C@H]1[C@H](C(=O)Nc2ccc(F)c(F)c2)[C@H]2C=C[C@H]1CC2. The number of allylic oxidation sites excluding steroid dienone is 2. The summed E-state index contributed by atoms with van der Waals surface area (Å²) >= 11 is 0. The first-order valence-electron chi connectivity index (χ1n) is 7.14. The summed E-state index contributed by atoms with van der Waals surface area (Å²) in [6.45, 7) is 0. The second kappa shape index (κ2) is 5.51. The molecule has 1 amide bonds. The van der Waals surface area contributed by atoms with Gasteiger partial charge in [-0.3, -0.25) is 9.59 Å². The Hall–Kier alpha value is -2.24. The maximum absolute atomic E-state index is 13.2. The lowest BCUT2D eigenvalue weighted by Gasteiger charge is -2.41. The lowest BCUT2D eigenvalue weighted by atomic mass is 9.62. The van der Waals surface area contributed by atoms with Crippen molar-refractivity contribution in [3.05, 3.63) is 42.0 Å². The Balaban J connectivity index is 1.82. The van der Waals surface area contributed by atoms with E-state index in [1.165, 1.54) is 6.07 Å². The van der Waals surface area contributed by atoms with E-state index in [4.69, 9.17) is 0 Å². The molecule has 3 aliphatic carbocycles. The van der Waals surface area contributed by atoms with Gasteiger partial charge in [-0.2, -0.15) is 0 Å². The van der Waals surface area contributed by atoms with Crippen LogP contribution in [0.5, 0.6) is 0 Å². The second-order valence-corrected chi connectivity index (χ2v) is 5.80. The zero-order valence-electron chi connectivity index (χ0n) is 11.6. The van der Waals surface area contributed by atoms with Crippen LogP contribution in [0.3, 0.4) is 0 Å². The molecule has 1 aromatic rings. The van der Waals surface area contributed by atoms with Crippen LogP contribution in [-0.4, -0.2) is 17.0 Å². The second-order valence-electron chi connectivity index (χ2n) is 5.80. The average Bonchev–Trinajstić information content (AvgIpc) is 2.51. The van der Waals surface area contributed by atoms with Crippen molar-refractivity contribution in [2.24, 2.45) is 23.7 Å². The Morgan fingerprint density at radius 1 is 1.05 bits per heavy atom. The molecule has 116 valence electrons. The average molecular weight is 307 g/mol. The van der Waals surface area contributed by atoms with Gasteiger partial charge >= 0.3 is 5.97 Å². The number of carbonyl (C=O) groups is 2. The fraction of sp³-hybridized carbons (Fsp3) is 0.375. The first-order valence-corrected chi connectivity index (χ1v) is 7.14. The van der Waals surface area contributed by atoms with Gasteiger partial charge in [0.25, 0.3) is 0 Å². The van der Waals surface area contributed by atoms with Crippen LogP contribution >= 0.6 is 0 Å². The van der Waals surface area contributed by atoms with Crippen molar-refractivity contribution < 1.29 is 23.5 Å². The summed E-state index contributed by atoms with van der Waals surface area (Å²) < 4.78 is 26.1. The van der Waals surface area contributed by atoms with E-state index >= 15 is 0 Å². The Morgan fingerprint density at radius 3 is 2.23 bits per heavy atom. The maximum atomic E-state index is 13.2. The van der Waals surface area contributed by atoms with Gasteiger partial charge in [0.2, 0.25) is 5.91 Å². The molecular weight excluding hydrogens is 292 g/mol. The van der Waals surface area contributed by atoms with Gasteiger partial charge in [0.05, 0.1) is 11.8 Å². The number of hydrogen-bond acceptors (Lipinski definition) is 2. The summed E-state index contributed by atoms with van der Waals surface area (Å²) in [5.41, 5.74) is 0.124. The summed E-state index contributed by atoms with van der Waals surface area (Å²) in [5, 5.41) is 11.9. The van der Waals surface area contributed by atoms with Gasteiger partial charge in [-0.25, -0.2) is 8.78 Å². The number of amides is 1. The molecule has 0 aromatic heterocycles. The molecule has 2 N–H and O–H groups in total. The van der Waals surface area contributed by atoms with Gasteiger partial charge in [-0.05, 0) is 36.8 Å². The fourth-order valence-corrected chi connectivity index (χ4v) is 3.49. The first-order chi connectivity index (χ1) is 10.5. The Morgan fingerprint density at radius 2 is 1.68 bits per heavy atom. The summed E-state index contributed by atoms with van der Waals surface area (Å²) in [6, 6.07) is 3.06. The highest BCUT2D eigenvalue weighted by Gasteiger charge is 2.48. The van der Waals surface area contributed by atoms with Crippen LogP contribution in [0.4, 0.5) is 14.5 Å². The summed E-state index contributed by atoms with van der Waals surface area (Å²) in [5.74, 6) is -5.25. The number of rotatable bonds is 3. The topological polar surface area (TPSA) is 66.4 Å². The number of carbonyl (C=O) groups excluding carboxylic acids is 1. The third-order valence-corrected chi connectivity index (χ3v) is 4.52. The van der Waals surface area contributed by atoms with Gasteiger partial charge in [0.15, 0.2) is 11.6 Å². The van der Waals surface area contributed by atoms with Gasteiger partial charge in [0.1, 0.15) is 0 Å². The molecule has 4 rings (SSSR count). The molecular formula is C16H15F2NO3. The highest BCUT2D eigenvalue weighted by molar-refractivity contribution is 5.96. The molecule has 1 saturated carbocycles. The van der Waals surface area contributed by atoms with Crippen LogP contribution in [0.25, 0.3) is 0 Å². The lowest BCUT2D eigenvalue weighted by molar-refractivity contribution is -0.151. The van der Waals surface area contributed by atoms with E-state index in [-0.39, 0.29) is 17.5 Å². The van der Waals surface area contributed by atoms with Crippen molar-refractivity contribution >= 4 is 17.6 Å². The summed E-state index contributed by atoms with van der Waals surface area (Å²) in [4.78, 5) is 23.9. The molecule has 0 aliphatic heterocycles. The number of halogens is 2. The van der Waals surface area contributed by atoms with Crippen molar-refractivity contribution in [1.29, 1.82) is 0 Å². The van der Waals surface area contributed by atoms with E-state index in [1.54, 1.807) is 0 Å². The third-order valence-electron chi connectivity index (χ3n) is 4.52. The number of carboxylic acid groups (broad SMARTS) is 1. The molecule has 4 nitrogen and oxygen atoms in total. The number of carboxylic acids is 1. The number of hydrogen-bond donors (Lipinski definition) is 2. The maximum Gasteiger partial charge on any atom is 0.307 e. The zero-order chi connectivity index (χ0) is 15.9. The lowest BCUT2D eigenvalue weighted by Crippen LogP contribution is -2.47. The predicted molar refractivity (Wildman–Crippen MR) is 75.0 cm³/mol. The largest absolute Gasteiger partial charge is 0.481 e. The van der Waals surface area contributed by atoms with Crippen molar-refractivity contribution in [3.8, 4) is 0 Å². The normalized spacial score (nSPS) is 29.4. The quantitative estimate of drug-likeness (QED) is 0.844. The van der Waals surface area contributed by atoms with Gasteiger partial charge in [-0.1, -0.05) is 12.2 Å². The van der Waals surface area contributed by atoms with E-state index in [1.807, 2.05) is 12.2 Å². The van der Waals surface area contributed by atoms with Crippen molar-refractivity contribution in [2.45, 2.75) is 12.8 Å². The minimum atomic E-state index is -1.06. The molecule has 0 spiro atoms. The summed E-state index contributed by atoms with van der Waals surface area (Å²) in [7, 11) is 0. The number of anilines is 1. The van der Waals surface area contributed by atoms with Gasteiger partial charge in [0, 0.05) is 11.8 Å². The molecule has 0 heterocycles. The minimum absolute atomic E-state index is 0.124.